The Morgan fingerprint density at radius 3 is 1.14 bits per heavy atom. The lowest BCUT2D eigenvalue weighted by Crippen LogP contribution is -2.30. The normalized spacial score (nSPS) is 12.8. The number of nitrogens with zero attached hydrogens (tertiary/aromatic N) is 12. The van der Waals surface area contributed by atoms with Crippen LogP contribution >= 0.6 is 0 Å². The van der Waals surface area contributed by atoms with Crippen LogP contribution in [0.5, 0.6) is 0 Å². The van der Waals surface area contributed by atoms with E-state index in [1.807, 2.05) is 183 Å². The van der Waals surface area contributed by atoms with Crippen molar-refractivity contribution in [3.05, 3.63) is 370 Å². The third-order valence-corrected chi connectivity index (χ3v) is 20.0. The fourth-order valence-electron chi connectivity index (χ4n) is 14.3. The molecule has 9 heterocycles. The van der Waals surface area contributed by atoms with E-state index in [0.717, 1.165) is 112 Å². The van der Waals surface area contributed by atoms with Crippen LogP contribution in [0.1, 0.15) is 191 Å². The Hall–Kier alpha value is -13.9. The van der Waals surface area contributed by atoms with Gasteiger partial charge >= 0.3 is 0 Å². The summed E-state index contributed by atoms with van der Waals surface area (Å²) >= 11 is 0. The van der Waals surface area contributed by atoms with Gasteiger partial charge in [0.05, 0.1) is 73.9 Å². The van der Waals surface area contributed by atoms with Crippen LogP contribution in [0.25, 0.3) is 143 Å². The molecule has 21 rings (SSSR count). The Bertz CT molecular complexity index is 6980. The molecular weight excluding hydrogens is 1690 g/mol. The highest BCUT2D eigenvalue weighted by Crippen LogP contribution is 2.37. The third-order valence-electron chi connectivity index (χ3n) is 20.0. The number of para-hydroxylation sites is 6. The Kier molecular flexibility index (Phi) is 37.1. The molecule has 2 aliphatic rings. The van der Waals surface area contributed by atoms with Crippen molar-refractivity contribution in [3.8, 4) is 45.0 Å². The molecule has 13 nitrogen and oxygen atoms in total. The van der Waals surface area contributed by atoms with E-state index in [1.165, 1.54) is 55.0 Å². The highest BCUT2D eigenvalue weighted by atomic mass is 16.3. The van der Waals surface area contributed by atoms with Gasteiger partial charge in [-0.3, -0.25) is 29.8 Å². The first-order chi connectivity index (χ1) is 65.2. The molecule has 0 radical (unpaired) electrons. The minimum absolute atomic E-state index is 0.102. The number of aryl methyl sites for hydroxylation is 1. The lowest BCUT2D eigenvalue weighted by molar-refractivity contribution is 0.371. The second-order valence-electron chi connectivity index (χ2n) is 44.7. The number of pyridine rings is 4. The molecule has 13 heteroatoms. The Morgan fingerprint density at radius 2 is 0.659 bits per heavy atom. The summed E-state index contributed by atoms with van der Waals surface area (Å²) in [6.45, 7) is 58.0. The molecule has 19 aromatic rings. The topological polar surface area (TPSA) is 150 Å². The molecule has 712 valence electrons. The fraction of sp³-hybridized carbons (Fsp3) is 0.296. The summed E-state index contributed by atoms with van der Waals surface area (Å²) in [6.07, 6.45) is 19.0. The van der Waals surface area contributed by atoms with Crippen molar-refractivity contribution >= 4 is 104 Å². The highest BCUT2D eigenvalue weighted by molar-refractivity contribution is 6.07. The van der Waals surface area contributed by atoms with Gasteiger partial charge in [-0.1, -0.05) is 429 Å². The summed E-state index contributed by atoms with van der Waals surface area (Å²) < 4.78 is 7.78. The maximum absolute atomic E-state index is 5.65. The van der Waals surface area contributed by atoms with Crippen LogP contribution in [0.3, 0.4) is 0 Å². The Labute approximate surface area is 822 Å². The first kappa shape index (κ1) is 106. The zero-order valence-corrected chi connectivity index (χ0v) is 87.1. The smallest absolute Gasteiger partial charge is 0.140 e. The first-order valence-corrected chi connectivity index (χ1v) is 48.0. The van der Waals surface area contributed by atoms with Crippen molar-refractivity contribution < 1.29 is 4.42 Å². The second kappa shape index (κ2) is 48.2. The number of rotatable bonds is 4. The van der Waals surface area contributed by atoms with E-state index in [2.05, 4.69) is 417 Å². The molecule has 1 unspecified atom stereocenters. The zero-order chi connectivity index (χ0) is 100. The molecule has 11 aromatic carbocycles. The monoisotopic (exact) mass is 1830 g/mol. The molecule has 0 saturated heterocycles. The number of benzene rings is 11. The summed E-state index contributed by atoms with van der Waals surface area (Å²) in [5, 5.41) is 9.27. The molecule has 0 N–H and O–H groups in total. The van der Waals surface area contributed by atoms with Gasteiger partial charge < -0.3 is 8.98 Å². The van der Waals surface area contributed by atoms with Gasteiger partial charge in [0.15, 0.2) is 0 Å². The Morgan fingerprint density at radius 1 is 0.290 bits per heavy atom. The van der Waals surface area contributed by atoms with E-state index in [0.29, 0.717) is 33.1 Å². The molecule has 1 aliphatic carbocycles. The van der Waals surface area contributed by atoms with E-state index >= 15 is 0 Å². The van der Waals surface area contributed by atoms with Crippen LogP contribution < -0.4 is 0 Å². The van der Waals surface area contributed by atoms with Crippen LogP contribution in [0.4, 0.5) is 0 Å². The van der Waals surface area contributed by atoms with Crippen LogP contribution in [0, 0.1) is 27.1 Å². The molecule has 1 aliphatic heterocycles. The summed E-state index contributed by atoms with van der Waals surface area (Å²) in [6, 6.07) is 101. The van der Waals surface area contributed by atoms with E-state index in [1.54, 1.807) is 12.7 Å². The number of hydrogen-bond acceptors (Lipinski definition) is 12. The summed E-state index contributed by atoms with van der Waals surface area (Å²) in [7, 11) is 4.14. The fourth-order valence-corrected chi connectivity index (χ4v) is 14.3. The van der Waals surface area contributed by atoms with Crippen LogP contribution in [0.2, 0.25) is 0 Å². The average molecular weight is 1830 g/mol. The van der Waals surface area contributed by atoms with E-state index in [-0.39, 0.29) is 10.8 Å². The van der Waals surface area contributed by atoms with Gasteiger partial charge in [0, 0.05) is 91.6 Å². The molecule has 138 heavy (non-hydrogen) atoms. The molecule has 0 bridgehead atoms. The zero-order valence-electron chi connectivity index (χ0n) is 87.1. The van der Waals surface area contributed by atoms with Gasteiger partial charge in [0.2, 0.25) is 0 Å². The number of likely N-dealkylation sites (N-methyl/N-ethyl adjacent to an activating group) is 1. The van der Waals surface area contributed by atoms with Crippen LogP contribution in [-0.2, 0) is 17.9 Å². The van der Waals surface area contributed by atoms with E-state index < -0.39 is 0 Å². The molecule has 0 saturated carbocycles. The van der Waals surface area contributed by atoms with E-state index in [4.69, 9.17) is 4.42 Å². The number of allylic oxidation sites excluding steroid dienone is 2. The van der Waals surface area contributed by atoms with Crippen molar-refractivity contribution in [3.63, 3.8) is 0 Å². The van der Waals surface area contributed by atoms with Gasteiger partial charge in [0.25, 0.3) is 0 Å². The molecular formula is C125H146N12O. The first-order valence-electron chi connectivity index (χ1n) is 48.0. The van der Waals surface area contributed by atoms with E-state index in [9.17, 15) is 0 Å². The summed E-state index contributed by atoms with van der Waals surface area (Å²) in [5.74, 6) is 1.02. The maximum Gasteiger partial charge on any atom is 0.140 e. The van der Waals surface area contributed by atoms with Gasteiger partial charge in [0.1, 0.15) is 29.6 Å². The molecule has 1 atom stereocenters. The number of fused-ring (bicyclic) bond motifs is 13. The number of furan rings is 1. The quantitative estimate of drug-likeness (QED) is 0.155. The predicted octanol–water partition coefficient (Wildman–Crippen LogP) is 34.3. The third kappa shape index (κ3) is 33.5. The van der Waals surface area contributed by atoms with Crippen molar-refractivity contribution in [1.29, 1.82) is 0 Å². The highest BCUT2D eigenvalue weighted by Gasteiger charge is 2.24. The molecule has 0 fully saturated rings. The lowest BCUT2D eigenvalue weighted by Gasteiger charge is -2.22. The minimum atomic E-state index is 0.102. The number of hydrogen-bond donors (Lipinski definition) is 0. The molecule has 0 spiro atoms. The Balaban J connectivity index is 0.000000160. The summed E-state index contributed by atoms with van der Waals surface area (Å²) in [5.41, 5.74) is 24.4. The van der Waals surface area contributed by atoms with Gasteiger partial charge in [-0.2, -0.15) is 0 Å². The predicted molar refractivity (Wildman–Crippen MR) is 595 cm³/mol. The second-order valence-corrected chi connectivity index (χ2v) is 44.7. The van der Waals surface area contributed by atoms with Crippen molar-refractivity contribution in [2.75, 3.05) is 13.7 Å². The lowest BCUT2D eigenvalue weighted by atomic mass is 9.83. The van der Waals surface area contributed by atoms with Gasteiger partial charge in [-0.15, -0.1) is 0 Å². The summed E-state index contributed by atoms with van der Waals surface area (Å²) in [4.78, 5) is 46.6. The molecule has 8 aromatic heterocycles. The standard InChI is InChI=1S/C20H14N2.2C16H16N2.C14H12N2.C14H10N2.C12H8O.C8H10N2.5C5H12/c1-2-6-15(7-3-1)16-10-12-17(13-11-16)20-18-8-4-5-9-19(18)21-14-22-20;1-16(2,3)13-10-11-6-4-8-17-14(11)15-12(13)7-5-9-18-15;1-16(2,3)13-8-10-18-15-12(13)7-6-11-5-4-9-17-14(11)15;1-16-13-10-6-5-9-12(13)15-14(16)11-7-3-2-4-8-11;1-2-6-11(7-3-1)14-12-8-4-5-9-13(12)15-10-16-14;1-3-7-11-9(5-1)10-6-2-4-8-12(10)13-11;1-10-6-9-7-4-2-3-5-8(7)10;5*1-5(2,3)4/h1-14H;2*4-10H,1-3H3;2-10H,1H3;1-10H;1-8H;2-5,8H,6H2,1H3;5*1-4H3. The minimum Gasteiger partial charge on any atom is -0.456 e. The number of aromatic nitrogens is 10. The SMILES string of the molecule is CC(C)(C)C.CC(C)(C)C.CC(C)(C)C.CC(C)(C)C.CC(C)(C)C.CC(C)(C)c1cc2cccnc2c2ncccc12.CC(C)(C)c1ccnc2c1ccc1cccnc12.CN1CN=C2C=CC=CC21.Cn1c(-c2ccccc2)nc2ccccc21.c1ccc(-c2ccc(-c3ncnc4ccccc34)cc2)cc1.c1ccc(-c2ncnc3ccccc23)cc1.c1ccc2c(c1)oc1ccccc12. The average Bonchev–Trinajstić information content (AvgIpc) is 1.04. The van der Waals surface area contributed by atoms with Crippen molar-refractivity contribution in [2.24, 2.45) is 39.1 Å². The van der Waals surface area contributed by atoms with Crippen molar-refractivity contribution in [1.82, 2.24) is 54.3 Å². The largest absolute Gasteiger partial charge is 0.456 e. The van der Waals surface area contributed by atoms with Crippen LogP contribution in [-0.4, -0.2) is 79.8 Å². The maximum atomic E-state index is 5.65. The number of imidazole rings is 1. The van der Waals surface area contributed by atoms with Gasteiger partial charge in [-0.25, -0.2) is 24.9 Å². The van der Waals surface area contributed by atoms with Gasteiger partial charge in [-0.05, 0) is 140 Å². The van der Waals surface area contributed by atoms with Crippen LogP contribution in [0.15, 0.2) is 368 Å². The molecule has 0 amide bonds. The van der Waals surface area contributed by atoms with Crippen molar-refractivity contribution in [2.45, 2.75) is 197 Å². The number of aliphatic imine (C=N–C) groups is 1.